The van der Waals surface area contributed by atoms with E-state index in [9.17, 15) is 4.79 Å². The van der Waals surface area contributed by atoms with Gasteiger partial charge in [0.15, 0.2) is 5.96 Å². The van der Waals surface area contributed by atoms with Crippen molar-refractivity contribution >= 4 is 17.6 Å². The number of aliphatic imine (C=N–C) groups is 1. The van der Waals surface area contributed by atoms with Gasteiger partial charge in [-0.05, 0) is 32.4 Å². The minimum Gasteiger partial charge on any atom is -0.369 e. The Labute approximate surface area is 138 Å². The molecule has 1 fully saturated rings. The van der Waals surface area contributed by atoms with Gasteiger partial charge in [-0.1, -0.05) is 18.2 Å². The van der Waals surface area contributed by atoms with Gasteiger partial charge in [-0.25, -0.2) is 4.99 Å². The molecule has 0 aromatic heterocycles. The van der Waals surface area contributed by atoms with Crippen LogP contribution in [0, 0.1) is 0 Å². The zero-order valence-corrected chi connectivity index (χ0v) is 14.0. The number of amides is 1. The fourth-order valence-electron chi connectivity index (χ4n) is 2.67. The molecule has 126 valence electrons. The number of carbonyl (C=O) groups excluding carboxylic acids is 1. The van der Waals surface area contributed by atoms with E-state index >= 15 is 0 Å². The Morgan fingerprint density at radius 3 is 2.65 bits per heavy atom. The van der Waals surface area contributed by atoms with Crippen molar-refractivity contribution in [1.29, 1.82) is 0 Å². The van der Waals surface area contributed by atoms with Crippen LogP contribution in [0.5, 0.6) is 0 Å². The SMILES string of the molecule is CCNC(=O)CN=C(NCC)NC1CCN(c2ccccc2)C1. The number of likely N-dealkylation sites (N-methyl/N-ethyl adjacent to an activating group) is 1. The summed E-state index contributed by atoms with van der Waals surface area (Å²) in [5.41, 5.74) is 1.25. The minimum atomic E-state index is -0.0537. The molecule has 6 heteroatoms. The molecule has 0 saturated carbocycles. The maximum atomic E-state index is 11.5. The number of anilines is 1. The van der Waals surface area contributed by atoms with Gasteiger partial charge in [0.05, 0.1) is 0 Å². The van der Waals surface area contributed by atoms with Crippen LogP contribution >= 0.6 is 0 Å². The molecule has 1 atom stereocenters. The summed E-state index contributed by atoms with van der Waals surface area (Å²) in [5, 5.41) is 9.39. The Balaban J connectivity index is 1.88. The second-order valence-electron chi connectivity index (χ2n) is 5.56. The van der Waals surface area contributed by atoms with Crippen LogP contribution in [0.25, 0.3) is 0 Å². The fourth-order valence-corrected chi connectivity index (χ4v) is 2.67. The van der Waals surface area contributed by atoms with Crippen molar-refractivity contribution in [1.82, 2.24) is 16.0 Å². The molecule has 1 aromatic carbocycles. The molecule has 1 unspecified atom stereocenters. The van der Waals surface area contributed by atoms with E-state index in [1.54, 1.807) is 0 Å². The van der Waals surface area contributed by atoms with Crippen LogP contribution in [0.4, 0.5) is 5.69 Å². The topological polar surface area (TPSA) is 68.8 Å². The predicted octanol–water partition coefficient (Wildman–Crippen LogP) is 0.957. The highest BCUT2D eigenvalue weighted by atomic mass is 16.1. The monoisotopic (exact) mass is 317 g/mol. The smallest absolute Gasteiger partial charge is 0.241 e. The molecular weight excluding hydrogens is 290 g/mol. The molecule has 0 aliphatic carbocycles. The summed E-state index contributed by atoms with van der Waals surface area (Å²) in [6, 6.07) is 10.8. The van der Waals surface area contributed by atoms with Gasteiger partial charge >= 0.3 is 0 Å². The summed E-state index contributed by atoms with van der Waals surface area (Å²) in [7, 11) is 0. The van der Waals surface area contributed by atoms with Gasteiger partial charge in [-0.15, -0.1) is 0 Å². The van der Waals surface area contributed by atoms with Crippen molar-refractivity contribution in [2.24, 2.45) is 4.99 Å². The normalized spacial score (nSPS) is 17.9. The van der Waals surface area contributed by atoms with Crippen LogP contribution in [0.2, 0.25) is 0 Å². The zero-order valence-electron chi connectivity index (χ0n) is 14.0. The van der Waals surface area contributed by atoms with Crippen LogP contribution in [0.1, 0.15) is 20.3 Å². The first kappa shape index (κ1) is 17.1. The highest BCUT2D eigenvalue weighted by molar-refractivity contribution is 5.85. The number of hydrogen-bond acceptors (Lipinski definition) is 3. The molecule has 2 rings (SSSR count). The van der Waals surface area contributed by atoms with E-state index in [0.717, 1.165) is 26.1 Å². The van der Waals surface area contributed by atoms with Crippen molar-refractivity contribution in [2.45, 2.75) is 26.3 Å². The second kappa shape index (κ2) is 9.02. The number of rotatable bonds is 6. The zero-order chi connectivity index (χ0) is 16.5. The van der Waals surface area contributed by atoms with Crippen LogP contribution < -0.4 is 20.9 Å². The summed E-state index contributed by atoms with van der Waals surface area (Å²) >= 11 is 0. The van der Waals surface area contributed by atoms with Gasteiger partial charge < -0.3 is 20.9 Å². The Morgan fingerprint density at radius 1 is 1.22 bits per heavy atom. The van der Waals surface area contributed by atoms with Gasteiger partial charge in [0, 0.05) is 37.9 Å². The number of hydrogen-bond donors (Lipinski definition) is 3. The van der Waals surface area contributed by atoms with Gasteiger partial charge in [0.2, 0.25) is 5.91 Å². The molecule has 1 aliphatic rings. The third-order valence-electron chi connectivity index (χ3n) is 3.75. The summed E-state index contributed by atoms with van der Waals surface area (Å²) < 4.78 is 0. The lowest BCUT2D eigenvalue weighted by Gasteiger charge is -2.20. The molecule has 1 heterocycles. The Kier molecular flexibility index (Phi) is 6.72. The Hall–Kier alpha value is -2.24. The molecule has 0 radical (unpaired) electrons. The van der Waals surface area contributed by atoms with E-state index in [1.165, 1.54) is 5.69 Å². The van der Waals surface area contributed by atoms with Gasteiger partial charge in [-0.2, -0.15) is 0 Å². The lowest BCUT2D eigenvalue weighted by atomic mass is 10.3. The summed E-state index contributed by atoms with van der Waals surface area (Å²) in [6.07, 6.45) is 1.06. The number of nitrogens with zero attached hydrogens (tertiary/aromatic N) is 2. The standard InChI is InChI=1S/C17H27N5O/c1-3-18-16(23)12-20-17(19-4-2)21-14-10-11-22(13-14)15-8-6-5-7-9-15/h5-9,14H,3-4,10-13H2,1-2H3,(H,18,23)(H2,19,20,21). The summed E-state index contributed by atoms with van der Waals surface area (Å²) in [5.74, 6) is 0.653. The largest absolute Gasteiger partial charge is 0.369 e. The number of para-hydroxylation sites is 1. The third kappa shape index (κ3) is 5.47. The third-order valence-corrected chi connectivity index (χ3v) is 3.75. The van der Waals surface area contributed by atoms with Crippen molar-refractivity contribution < 1.29 is 4.79 Å². The maximum Gasteiger partial charge on any atom is 0.241 e. The first-order chi connectivity index (χ1) is 11.2. The number of guanidine groups is 1. The van der Waals surface area contributed by atoms with E-state index in [0.29, 0.717) is 18.5 Å². The first-order valence-electron chi connectivity index (χ1n) is 8.34. The lowest BCUT2D eigenvalue weighted by Crippen LogP contribution is -2.45. The average molecular weight is 317 g/mol. The van der Waals surface area contributed by atoms with E-state index < -0.39 is 0 Å². The van der Waals surface area contributed by atoms with E-state index in [4.69, 9.17) is 0 Å². The molecule has 1 saturated heterocycles. The van der Waals surface area contributed by atoms with Crippen molar-refractivity contribution in [3.05, 3.63) is 30.3 Å². The summed E-state index contributed by atoms with van der Waals surface area (Å²) in [6.45, 7) is 7.45. The summed E-state index contributed by atoms with van der Waals surface area (Å²) in [4.78, 5) is 18.3. The average Bonchev–Trinajstić information content (AvgIpc) is 3.02. The van der Waals surface area contributed by atoms with E-state index in [2.05, 4.69) is 50.1 Å². The van der Waals surface area contributed by atoms with Gasteiger partial charge in [0.1, 0.15) is 6.54 Å². The fraction of sp³-hybridized carbons (Fsp3) is 0.529. The molecule has 1 aliphatic heterocycles. The molecule has 1 amide bonds. The molecule has 6 nitrogen and oxygen atoms in total. The van der Waals surface area contributed by atoms with Gasteiger partial charge in [0.25, 0.3) is 0 Å². The predicted molar refractivity (Wildman–Crippen MR) is 94.9 cm³/mol. The lowest BCUT2D eigenvalue weighted by molar-refractivity contribution is -0.119. The van der Waals surface area contributed by atoms with Crippen molar-refractivity contribution in [3.8, 4) is 0 Å². The quantitative estimate of drug-likeness (QED) is 0.540. The second-order valence-corrected chi connectivity index (χ2v) is 5.56. The van der Waals surface area contributed by atoms with E-state index in [1.807, 2.05) is 19.9 Å². The van der Waals surface area contributed by atoms with Gasteiger partial charge in [-0.3, -0.25) is 4.79 Å². The first-order valence-corrected chi connectivity index (χ1v) is 8.34. The van der Waals surface area contributed by atoms with Crippen LogP contribution in [-0.4, -0.2) is 50.6 Å². The Bertz CT molecular complexity index is 517. The molecule has 0 bridgehead atoms. The van der Waals surface area contributed by atoms with Crippen molar-refractivity contribution in [2.75, 3.05) is 37.6 Å². The van der Waals surface area contributed by atoms with Crippen LogP contribution in [0.3, 0.4) is 0 Å². The minimum absolute atomic E-state index is 0.0537. The van der Waals surface area contributed by atoms with Crippen LogP contribution in [-0.2, 0) is 4.79 Å². The number of nitrogens with one attached hydrogen (secondary N) is 3. The highest BCUT2D eigenvalue weighted by Crippen LogP contribution is 2.19. The number of benzene rings is 1. The molecule has 23 heavy (non-hydrogen) atoms. The molecule has 3 N–H and O–H groups in total. The van der Waals surface area contributed by atoms with Crippen molar-refractivity contribution in [3.63, 3.8) is 0 Å². The highest BCUT2D eigenvalue weighted by Gasteiger charge is 2.23. The van der Waals surface area contributed by atoms with E-state index in [-0.39, 0.29) is 12.5 Å². The maximum absolute atomic E-state index is 11.5. The molecule has 0 spiro atoms. The number of carbonyl (C=O) groups is 1. The molecule has 1 aromatic rings. The molecular formula is C17H27N5O. The Morgan fingerprint density at radius 2 is 1.96 bits per heavy atom. The van der Waals surface area contributed by atoms with Crippen LogP contribution in [0.15, 0.2) is 35.3 Å².